The Morgan fingerprint density at radius 2 is 1.76 bits per heavy atom. The van der Waals surface area contributed by atoms with Crippen LogP contribution in [0.25, 0.3) is 0 Å². The quantitative estimate of drug-likeness (QED) is 0.724. The van der Waals surface area contributed by atoms with Crippen molar-refractivity contribution >= 4 is 39.4 Å². The van der Waals surface area contributed by atoms with Crippen molar-refractivity contribution in [3.63, 3.8) is 0 Å². The second-order valence-electron chi connectivity index (χ2n) is 5.13. The maximum atomic E-state index is 11.9. The van der Waals surface area contributed by atoms with Crippen LogP contribution in [0.15, 0.2) is 53.0 Å². The first kappa shape index (κ1) is 18.7. The predicted molar refractivity (Wildman–Crippen MR) is 97.5 cm³/mol. The molecule has 0 saturated heterocycles. The molecule has 0 atom stereocenters. The van der Waals surface area contributed by atoms with Crippen molar-refractivity contribution in [2.75, 3.05) is 19.0 Å². The number of methoxy groups -OCH3 is 1. The number of hydrogen-bond acceptors (Lipinski definition) is 4. The molecule has 0 fully saturated rings. The van der Waals surface area contributed by atoms with Gasteiger partial charge in [0.1, 0.15) is 0 Å². The van der Waals surface area contributed by atoms with E-state index in [1.807, 2.05) is 0 Å². The molecular weight excluding hydrogens is 388 g/mol. The van der Waals surface area contributed by atoms with Crippen LogP contribution in [-0.2, 0) is 9.53 Å². The Morgan fingerprint density at radius 1 is 1.04 bits per heavy atom. The molecule has 2 aromatic rings. The third-order valence-corrected chi connectivity index (χ3v) is 3.84. The van der Waals surface area contributed by atoms with Gasteiger partial charge in [0, 0.05) is 28.7 Å². The number of halogens is 1. The largest absolute Gasteiger partial charge is 0.465 e. The van der Waals surface area contributed by atoms with Gasteiger partial charge in [-0.1, -0.05) is 22.0 Å². The molecule has 0 unspecified atom stereocenters. The molecule has 0 aliphatic carbocycles. The molecule has 0 bridgehead atoms. The van der Waals surface area contributed by atoms with E-state index in [0.29, 0.717) is 16.8 Å². The van der Waals surface area contributed by atoms with E-state index in [1.165, 1.54) is 13.2 Å². The first-order chi connectivity index (χ1) is 12.0. The fraction of sp³-hybridized carbons (Fsp3) is 0.167. The number of carbonyl (C=O) groups is 3. The number of esters is 1. The number of hydrogen-bond donors (Lipinski definition) is 2. The number of carbonyl (C=O) groups excluding carboxylic acids is 3. The lowest BCUT2D eigenvalue weighted by molar-refractivity contribution is -0.116. The molecule has 2 aromatic carbocycles. The summed E-state index contributed by atoms with van der Waals surface area (Å²) < 4.78 is 5.52. The van der Waals surface area contributed by atoms with E-state index in [9.17, 15) is 14.4 Å². The lowest BCUT2D eigenvalue weighted by atomic mass is 10.2. The topological polar surface area (TPSA) is 84.5 Å². The summed E-state index contributed by atoms with van der Waals surface area (Å²) >= 11 is 3.30. The lowest BCUT2D eigenvalue weighted by Crippen LogP contribution is -2.27. The van der Waals surface area contributed by atoms with E-state index in [4.69, 9.17) is 0 Å². The summed E-state index contributed by atoms with van der Waals surface area (Å²) in [6, 6.07) is 13.4. The van der Waals surface area contributed by atoms with Crippen LogP contribution in [0.3, 0.4) is 0 Å². The van der Waals surface area contributed by atoms with Crippen molar-refractivity contribution in [2.45, 2.75) is 6.42 Å². The standard InChI is InChI=1S/C18H17BrN2O4/c1-25-18(24)13-3-2-4-15(11-13)21-16(22)9-10-20-17(23)12-5-7-14(19)8-6-12/h2-8,11H,9-10H2,1H3,(H,20,23)(H,21,22). The molecular formula is C18H17BrN2O4. The highest BCUT2D eigenvalue weighted by molar-refractivity contribution is 9.10. The molecule has 0 radical (unpaired) electrons. The zero-order chi connectivity index (χ0) is 18.2. The van der Waals surface area contributed by atoms with Crippen LogP contribution >= 0.6 is 15.9 Å². The highest BCUT2D eigenvalue weighted by Gasteiger charge is 2.09. The molecule has 0 heterocycles. The van der Waals surface area contributed by atoms with Gasteiger partial charge < -0.3 is 15.4 Å². The Labute approximate surface area is 153 Å². The van der Waals surface area contributed by atoms with Gasteiger partial charge in [0.15, 0.2) is 0 Å². The molecule has 0 aliphatic heterocycles. The van der Waals surface area contributed by atoms with Crippen molar-refractivity contribution in [2.24, 2.45) is 0 Å². The molecule has 0 aromatic heterocycles. The Bertz CT molecular complexity index is 775. The monoisotopic (exact) mass is 404 g/mol. The summed E-state index contributed by atoms with van der Waals surface area (Å²) in [6.45, 7) is 0.206. The molecule has 0 spiro atoms. The summed E-state index contributed by atoms with van der Waals surface area (Å²) in [5.74, 6) is -0.982. The molecule has 2 amide bonds. The summed E-state index contributed by atoms with van der Waals surface area (Å²) in [6.07, 6.45) is 0.116. The van der Waals surface area contributed by atoms with Crippen molar-refractivity contribution in [1.29, 1.82) is 0 Å². The third kappa shape index (κ3) is 5.72. The van der Waals surface area contributed by atoms with Crippen LogP contribution in [0.2, 0.25) is 0 Å². The van der Waals surface area contributed by atoms with Crippen LogP contribution in [0, 0.1) is 0 Å². The maximum absolute atomic E-state index is 11.9. The van der Waals surface area contributed by atoms with Gasteiger partial charge in [-0.05, 0) is 42.5 Å². The molecule has 130 valence electrons. The van der Waals surface area contributed by atoms with E-state index < -0.39 is 5.97 Å². The minimum absolute atomic E-state index is 0.116. The second-order valence-corrected chi connectivity index (χ2v) is 6.05. The van der Waals surface area contributed by atoms with Gasteiger partial charge in [-0.2, -0.15) is 0 Å². The van der Waals surface area contributed by atoms with Gasteiger partial charge in [0.05, 0.1) is 12.7 Å². The fourth-order valence-electron chi connectivity index (χ4n) is 2.06. The van der Waals surface area contributed by atoms with E-state index in [0.717, 1.165) is 4.47 Å². The summed E-state index contributed by atoms with van der Waals surface area (Å²) in [5.41, 5.74) is 1.37. The first-order valence-electron chi connectivity index (χ1n) is 7.51. The van der Waals surface area contributed by atoms with E-state index in [1.54, 1.807) is 42.5 Å². The van der Waals surface area contributed by atoms with Gasteiger partial charge in [0.25, 0.3) is 5.91 Å². The number of rotatable bonds is 6. The smallest absolute Gasteiger partial charge is 0.337 e. The minimum atomic E-state index is -0.474. The SMILES string of the molecule is COC(=O)c1cccc(NC(=O)CCNC(=O)c2ccc(Br)cc2)c1. The zero-order valence-electron chi connectivity index (χ0n) is 13.5. The number of amides is 2. The highest BCUT2D eigenvalue weighted by atomic mass is 79.9. The number of nitrogens with one attached hydrogen (secondary N) is 2. The Kier molecular flexibility index (Phi) is 6.71. The molecule has 7 heteroatoms. The molecule has 6 nitrogen and oxygen atoms in total. The highest BCUT2D eigenvalue weighted by Crippen LogP contribution is 2.12. The predicted octanol–water partition coefficient (Wildman–Crippen LogP) is 2.99. The van der Waals surface area contributed by atoms with Gasteiger partial charge in [-0.25, -0.2) is 4.79 Å². The maximum Gasteiger partial charge on any atom is 0.337 e. The van der Waals surface area contributed by atoms with Crippen LogP contribution in [-0.4, -0.2) is 31.4 Å². The Hall–Kier alpha value is -2.67. The van der Waals surface area contributed by atoms with E-state index in [-0.39, 0.29) is 24.8 Å². The number of ether oxygens (including phenoxy) is 1. The molecule has 2 N–H and O–H groups in total. The first-order valence-corrected chi connectivity index (χ1v) is 8.31. The average Bonchev–Trinajstić information content (AvgIpc) is 2.61. The van der Waals surface area contributed by atoms with Crippen molar-refractivity contribution in [3.05, 3.63) is 64.1 Å². The van der Waals surface area contributed by atoms with Crippen LogP contribution in [0.1, 0.15) is 27.1 Å². The second kappa shape index (κ2) is 8.98. The van der Waals surface area contributed by atoms with Gasteiger partial charge in [-0.3, -0.25) is 9.59 Å². The lowest BCUT2D eigenvalue weighted by Gasteiger charge is -2.08. The van der Waals surface area contributed by atoms with E-state index >= 15 is 0 Å². The summed E-state index contributed by atoms with van der Waals surface area (Å²) in [7, 11) is 1.29. The molecule has 0 aliphatic rings. The van der Waals surface area contributed by atoms with Gasteiger partial charge in [-0.15, -0.1) is 0 Å². The van der Waals surface area contributed by atoms with Crippen molar-refractivity contribution in [3.8, 4) is 0 Å². The molecule has 0 saturated carbocycles. The van der Waals surface area contributed by atoms with Crippen LogP contribution < -0.4 is 10.6 Å². The zero-order valence-corrected chi connectivity index (χ0v) is 15.1. The van der Waals surface area contributed by atoms with Gasteiger partial charge >= 0.3 is 5.97 Å². The Morgan fingerprint density at radius 3 is 2.44 bits per heavy atom. The number of benzene rings is 2. The molecule has 2 rings (SSSR count). The third-order valence-electron chi connectivity index (χ3n) is 3.31. The summed E-state index contributed by atoms with van der Waals surface area (Å²) in [4.78, 5) is 35.3. The minimum Gasteiger partial charge on any atom is -0.465 e. The van der Waals surface area contributed by atoms with Crippen molar-refractivity contribution in [1.82, 2.24) is 5.32 Å². The molecule has 25 heavy (non-hydrogen) atoms. The average molecular weight is 405 g/mol. The van der Waals surface area contributed by atoms with E-state index in [2.05, 4.69) is 31.3 Å². The van der Waals surface area contributed by atoms with Crippen LogP contribution in [0.4, 0.5) is 5.69 Å². The summed E-state index contributed by atoms with van der Waals surface area (Å²) in [5, 5.41) is 5.36. The number of anilines is 1. The normalized spacial score (nSPS) is 10.0. The Balaban J connectivity index is 1.82. The van der Waals surface area contributed by atoms with Crippen LogP contribution in [0.5, 0.6) is 0 Å². The van der Waals surface area contributed by atoms with Crippen molar-refractivity contribution < 1.29 is 19.1 Å². The fourth-order valence-corrected chi connectivity index (χ4v) is 2.32. The van der Waals surface area contributed by atoms with Gasteiger partial charge in [0.2, 0.25) is 5.91 Å².